The molecule has 0 fully saturated rings. The van der Waals surface area contributed by atoms with Crippen LogP contribution in [0.4, 0.5) is 0 Å². The fourth-order valence-corrected chi connectivity index (χ4v) is 1.88. The third-order valence-electron chi connectivity index (χ3n) is 4.20. The molecule has 5 heteroatoms. The van der Waals surface area contributed by atoms with Gasteiger partial charge in [-0.25, -0.2) is 0 Å². The van der Waals surface area contributed by atoms with Crippen molar-refractivity contribution in [3.05, 3.63) is 29.3 Å². The average Bonchev–Trinajstić information content (AvgIpc) is 2.42. The number of nitrogens with one attached hydrogen (secondary N) is 1. The zero-order valence-electron chi connectivity index (χ0n) is 14.2. The number of carbonyl (C=O) groups excluding carboxylic acids is 1. The van der Waals surface area contributed by atoms with E-state index in [2.05, 4.69) is 26.1 Å². The van der Waals surface area contributed by atoms with Crippen LogP contribution in [0.2, 0.25) is 0 Å². The van der Waals surface area contributed by atoms with Crippen LogP contribution in [-0.2, 0) is 4.79 Å². The molecule has 1 aromatic rings. The minimum absolute atomic E-state index is 0. The third-order valence-corrected chi connectivity index (χ3v) is 4.20. The fraction of sp³-hybridized carbons (Fsp3) is 0.588. The Morgan fingerprint density at radius 3 is 2.45 bits per heavy atom. The van der Waals surface area contributed by atoms with Gasteiger partial charge < -0.3 is 15.8 Å². The Kier molecular flexibility index (Phi) is 8.49. The van der Waals surface area contributed by atoms with E-state index < -0.39 is 0 Å². The monoisotopic (exact) mass is 328 g/mol. The van der Waals surface area contributed by atoms with Crippen LogP contribution in [0.5, 0.6) is 5.75 Å². The molecular weight excluding hydrogens is 300 g/mol. The van der Waals surface area contributed by atoms with E-state index in [0.29, 0.717) is 19.6 Å². The maximum Gasteiger partial charge on any atom is 0.223 e. The fourth-order valence-electron chi connectivity index (χ4n) is 1.88. The van der Waals surface area contributed by atoms with Gasteiger partial charge in [0.15, 0.2) is 0 Å². The average molecular weight is 329 g/mol. The van der Waals surface area contributed by atoms with Gasteiger partial charge in [0.25, 0.3) is 0 Å². The summed E-state index contributed by atoms with van der Waals surface area (Å²) in [6.45, 7) is 11.0. The molecule has 1 aromatic carbocycles. The molecule has 0 saturated carbocycles. The number of carbonyl (C=O) groups is 1. The summed E-state index contributed by atoms with van der Waals surface area (Å²) in [6.07, 6.45) is 0.329. The van der Waals surface area contributed by atoms with Crippen LogP contribution in [0.15, 0.2) is 18.2 Å². The lowest BCUT2D eigenvalue weighted by atomic mass is 9.88. The van der Waals surface area contributed by atoms with Gasteiger partial charge in [-0.05, 0) is 49.9 Å². The first kappa shape index (κ1) is 20.7. The van der Waals surface area contributed by atoms with Crippen molar-refractivity contribution in [3.8, 4) is 5.75 Å². The number of amides is 1. The molecule has 1 amide bonds. The van der Waals surface area contributed by atoms with Crippen molar-refractivity contribution >= 4 is 18.3 Å². The number of hydrogen-bond acceptors (Lipinski definition) is 3. The highest BCUT2D eigenvalue weighted by Crippen LogP contribution is 2.17. The van der Waals surface area contributed by atoms with Crippen molar-refractivity contribution in [2.45, 2.75) is 46.6 Å². The molecule has 0 bridgehead atoms. The summed E-state index contributed by atoms with van der Waals surface area (Å²) in [6, 6.07) is 5.94. The topological polar surface area (TPSA) is 64.3 Å². The minimum atomic E-state index is -0.364. The lowest BCUT2D eigenvalue weighted by molar-refractivity contribution is -0.123. The molecule has 0 aromatic heterocycles. The molecule has 22 heavy (non-hydrogen) atoms. The zero-order valence-corrected chi connectivity index (χ0v) is 15.0. The zero-order chi connectivity index (χ0) is 16.0. The Bertz CT molecular complexity index is 492. The number of ether oxygens (including phenoxy) is 1. The Balaban J connectivity index is 0.00000441. The van der Waals surface area contributed by atoms with Crippen LogP contribution in [0.1, 0.15) is 38.3 Å². The van der Waals surface area contributed by atoms with Crippen LogP contribution >= 0.6 is 12.4 Å². The van der Waals surface area contributed by atoms with Crippen molar-refractivity contribution in [1.29, 1.82) is 0 Å². The van der Waals surface area contributed by atoms with Gasteiger partial charge in [0, 0.05) is 6.54 Å². The van der Waals surface area contributed by atoms with Gasteiger partial charge >= 0.3 is 0 Å². The summed E-state index contributed by atoms with van der Waals surface area (Å²) in [5, 5.41) is 3.01. The van der Waals surface area contributed by atoms with Crippen LogP contribution in [0.25, 0.3) is 0 Å². The summed E-state index contributed by atoms with van der Waals surface area (Å²) in [5.41, 5.74) is 7.82. The van der Waals surface area contributed by atoms with E-state index in [0.717, 1.165) is 5.75 Å². The highest BCUT2D eigenvalue weighted by atomic mass is 35.5. The molecular formula is C17H29ClN2O2. The van der Waals surface area contributed by atoms with E-state index in [4.69, 9.17) is 10.5 Å². The number of rotatable bonds is 7. The Morgan fingerprint density at radius 2 is 1.95 bits per heavy atom. The van der Waals surface area contributed by atoms with Crippen LogP contribution in [-0.4, -0.2) is 24.6 Å². The van der Waals surface area contributed by atoms with Crippen LogP contribution in [0, 0.1) is 19.8 Å². The van der Waals surface area contributed by atoms with Crippen LogP contribution < -0.4 is 15.8 Å². The Hall–Kier alpha value is -1.26. The molecule has 4 nitrogen and oxygen atoms in total. The first-order valence-corrected chi connectivity index (χ1v) is 7.49. The molecule has 1 unspecified atom stereocenters. The van der Waals surface area contributed by atoms with Crippen molar-refractivity contribution in [1.82, 2.24) is 5.32 Å². The van der Waals surface area contributed by atoms with Crippen molar-refractivity contribution in [2.75, 3.05) is 13.2 Å². The van der Waals surface area contributed by atoms with E-state index in [1.54, 1.807) is 0 Å². The lowest BCUT2D eigenvalue weighted by Crippen LogP contribution is -2.55. The molecule has 0 radical (unpaired) electrons. The number of benzene rings is 1. The second kappa shape index (κ2) is 9.01. The van der Waals surface area contributed by atoms with E-state index in [9.17, 15) is 4.79 Å². The second-order valence-corrected chi connectivity index (χ2v) is 6.17. The Morgan fingerprint density at radius 1 is 1.32 bits per heavy atom. The van der Waals surface area contributed by atoms with Gasteiger partial charge in [-0.2, -0.15) is 0 Å². The summed E-state index contributed by atoms with van der Waals surface area (Å²) in [7, 11) is 0. The lowest BCUT2D eigenvalue weighted by Gasteiger charge is -2.33. The van der Waals surface area contributed by atoms with E-state index in [1.165, 1.54) is 11.1 Å². The highest BCUT2D eigenvalue weighted by molar-refractivity contribution is 5.85. The van der Waals surface area contributed by atoms with Gasteiger partial charge in [0.05, 0.1) is 18.6 Å². The molecule has 1 rings (SSSR count). The van der Waals surface area contributed by atoms with Gasteiger partial charge in [-0.1, -0.05) is 19.9 Å². The predicted molar refractivity (Wildman–Crippen MR) is 93.7 cm³/mol. The highest BCUT2D eigenvalue weighted by Gasteiger charge is 2.28. The third kappa shape index (κ3) is 5.85. The first-order valence-electron chi connectivity index (χ1n) is 7.49. The SMILES string of the molecule is Cc1ccc(OCCC(=O)NC(C)(CN)C(C)C)cc1C.Cl. The molecule has 0 saturated heterocycles. The normalized spacial score (nSPS) is 13.2. The van der Waals surface area contributed by atoms with Crippen LogP contribution in [0.3, 0.4) is 0 Å². The predicted octanol–water partition coefficient (Wildman–Crippen LogP) is 2.98. The standard InChI is InChI=1S/C17H28N2O2.ClH/c1-12(2)17(5,11-18)19-16(20)8-9-21-15-7-6-13(3)14(4)10-15;/h6-7,10,12H,8-9,11,18H2,1-5H3,(H,19,20);1H. The molecule has 126 valence electrons. The summed E-state index contributed by atoms with van der Waals surface area (Å²) in [5.74, 6) is 1.06. The number of hydrogen-bond donors (Lipinski definition) is 2. The molecule has 0 spiro atoms. The minimum Gasteiger partial charge on any atom is -0.493 e. The molecule has 0 aliphatic heterocycles. The van der Waals surface area contributed by atoms with Crippen molar-refractivity contribution < 1.29 is 9.53 Å². The van der Waals surface area contributed by atoms with Gasteiger partial charge in [0.2, 0.25) is 5.91 Å². The van der Waals surface area contributed by atoms with E-state index in [-0.39, 0.29) is 29.8 Å². The second-order valence-electron chi connectivity index (χ2n) is 6.17. The smallest absolute Gasteiger partial charge is 0.223 e. The van der Waals surface area contributed by atoms with E-state index in [1.807, 2.05) is 32.0 Å². The maximum absolute atomic E-state index is 12.0. The molecule has 0 aliphatic carbocycles. The number of nitrogens with two attached hydrogens (primary N) is 1. The summed E-state index contributed by atoms with van der Waals surface area (Å²) in [4.78, 5) is 12.0. The van der Waals surface area contributed by atoms with Crippen molar-refractivity contribution in [2.24, 2.45) is 11.7 Å². The number of halogens is 1. The number of aryl methyl sites for hydroxylation is 2. The molecule has 0 heterocycles. The van der Waals surface area contributed by atoms with Gasteiger partial charge in [-0.3, -0.25) is 4.79 Å². The van der Waals surface area contributed by atoms with Gasteiger partial charge in [-0.15, -0.1) is 12.4 Å². The molecule has 0 aliphatic rings. The van der Waals surface area contributed by atoms with Crippen molar-refractivity contribution in [3.63, 3.8) is 0 Å². The maximum atomic E-state index is 12.0. The van der Waals surface area contributed by atoms with Gasteiger partial charge in [0.1, 0.15) is 5.75 Å². The molecule has 1 atom stereocenters. The summed E-state index contributed by atoms with van der Waals surface area (Å²) < 4.78 is 5.63. The first-order chi connectivity index (χ1) is 9.78. The summed E-state index contributed by atoms with van der Waals surface area (Å²) >= 11 is 0. The van der Waals surface area contributed by atoms with E-state index >= 15 is 0 Å². The Labute approximate surface area is 140 Å². The quantitative estimate of drug-likeness (QED) is 0.808. The largest absolute Gasteiger partial charge is 0.493 e. The molecule has 3 N–H and O–H groups in total.